The van der Waals surface area contributed by atoms with Crippen LogP contribution < -0.4 is 10.1 Å². The van der Waals surface area contributed by atoms with Crippen molar-refractivity contribution in [2.45, 2.75) is 12.3 Å². The van der Waals surface area contributed by atoms with Crippen LogP contribution in [0.15, 0.2) is 47.1 Å². The van der Waals surface area contributed by atoms with E-state index in [1.165, 1.54) is 4.90 Å². The van der Waals surface area contributed by atoms with E-state index in [0.29, 0.717) is 11.4 Å². The van der Waals surface area contributed by atoms with Gasteiger partial charge in [0.05, 0.1) is 6.26 Å². The third-order valence-corrected chi connectivity index (χ3v) is 4.02. The number of hydrogen-bond donors (Lipinski definition) is 1. The summed E-state index contributed by atoms with van der Waals surface area (Å²) in [6.45, 7) is -0.00833. The first-order chi connectivity index (χ1) is 11.5. The van der Waals surface area contributed by atoms with E-state index in [4.69, 9.17) is 9.15 Å². The lowest BCUT2D eigenvalue weighted by atomic mass is 10.2. The van der Waals surface area contributed by atoms with Crippen molar-refractivity contribution in [3.8, 4) is 5.75 Å². The van der Waals surface area contributed by atoms with Crippen molar-refractivity contribution < 1.29 is 18.7 Å². The molecule has 1 aliphatic rings. The van der Waals surface area contributed by atoms with Gasteiger partial charge in [-0.05, 0) is 42.8 Å². The third-order valence-electron chi connectivity index (χ3n) is 4.02. The summed E-state index contributed by atoms with van der Waals surface area (Å²) in [6.07, 6.45) is 2.44. The average molecular weight is 328 g/mol. The minimum Gasteiger partial charge on any atom is -0.484 e. The monoisotopic (exact) mass is 328 g/mol. The molecule has 0 saturated heterocycles. The van der Waals surface area contributed by atoms with E-state index < -0.39 is 0 Å². The van der Waals surface area contributed by atoms with E-state index in [0.717, 1.165) is 12.2 Å². The van der Waals surface area contributed by atoms with Gasteiger partial charge in [-0.3, -0.25) is 9.59 Å². The fourth-order valence-electron chi connectivity index (χ4n) is 2.45. The Kier molecular flexibility index (Phi) is 4.55. The summed E-state index contributed by atoms with van der Waals surface area (Å²) in [5, 5.41) is 2.89. The largest absolute Gasteiger partial charge is 0.484 e. The van der Waals surface area contributed by atoms with Gasteiger partial charge < -0.3 is 19.4 Å². The number of carbonyl (C=O) groups excluding carboxylic acids is 2. The quantitative estimate of drug-likeness (QED) is 0.884. The molecule has 24 heavy (non-hydrogen) atoms. The molecule has 2 unspecified atom stereocenters. The second kappa shape index (κ2) is 6.78. The van der Waals surface area contributed by atoms with Crippen molar-refractivity contribution in [1.29, 1.82) is 0 Å². The van der Waals surface area contributed by atoms with Gasteiger partial charge in [0.1, 0.15) is 11.5 Å². The molecular formula is C18H20N2O4. The Morgan fingerprint density at radius 2 is 2.00 bits per heavy atom. The maximum absolute atomic E-state index is 12.2. The molecule has 1 saturated carbocycles. The van der Waals surface area contributed by atoms with Crippen LogP contribution in [0.5, 0.6) is 5.75 Å². The average Bonchev–Trinajstić information content (AvgIpc) is 3.19. The van der Waals surface area contributed by atoms with Gasteiger partial charge in [0.25, 0.3) is 5.91 Å². The van der Waals surface area contributed by atoms with Crippen LogP contribution in [0.2, 0.25) is 0 Å². The van der Waals surface area contributed by atoms with Crippen LogP contribution in [0, 0.1) is 5.92 Å². The molecule has 0 spiro atoms. The normalized spacial score (nSPS) is 18.8. The number of anilines is 1. The van der Waals surface area contributed by atoms with Crippen molar-refractivity contribution in [2.24, 2.45) is 5.92 Å². The summed E-state index contributed by atoms with van der Waals surface area (Å²) < 4.78 is 10.7. The number of nitrogens with one attached hydrogen (secondary N) is 1. The highest BCUT2D eigenvalue weighted by molar-refractivity contribution is 5.95. The highest BCUT2D eigenvalue weighted by Crippen LogP contribution is 2.48. The Hall–Kier alpha value is -2.76. The molecule has 0 bridgehead atoms. The summed E-state index contributed by atoms with van der Waals surface area (Å²) in [4.78, 5) is 25.2. The van der Waals surface area contributed by atoms with Crippen molar-refractivity contribution >= 4 is 17.5 Å². The zero-order valence-corrected chi connectivity index (χ0v) is 13.7. The maximum atomic E-state index is 12.2. The summed E-state index contributed by atoms with van der Waals surface area (Å²) in [7, 11) is 3.36. The molecule has 6 heteroatoms. The second-order valence-electron chi connectivity index (χ2n) is 6.05. The maximum Gasteiger partial charge on any atom is 0.259 e. The van der Waals surface area contributed by atoms with Crippen molar-refractivity contribution in [3.05, 3.63) is 48.4 Å². The van der Waals surface area contributed by atoms with Gasteiger partial charge in [0.2, 0.25) is 5.91 Å². The molecule has 1 aromatic carbocycles. The molecule has 1 N–H and O–H groups in total. The number of amides is 2. The minimum atomic E-state index is -0.106. The first kappa shape index (κ1) is 16.1. The number of nitrogens with zero attached hydrogens (tertiary/aromatic N) is 1. The Morgan fingerprint density at radius 3 is 2.62 bits per heavy atom. The smallest absolute Gasteiger partial charge is 0.259 e. The first-order valence-corrected chi connectivity index (χ1v) is 7.82. The lowest BCUT2D eigenvalue weighted by Gasteiger charge is -2.11. The molecule has 0 radical (unpaired) electrons. The standard InChI is InChI=1S/C18H20N2O4/c1-20(2)17(21)11-24-13-7-5-12(6-8-13)19-18(22)15-10-14(15)16-4-3-9-23-16/h3-9,14-15H,10-11H2,1-2H3,(H,19,22). The van der Waals surface area contributed by atoms with E-state index in [1.807, 2.05) is 12.1 Å². The lowest BCUT2D eigenvalue weighted by Crippen LogP contribution is -2.27. The lowest BCUT2D eigenvalue weighted by molar-refractivity contribution is -0.130. The van der Waals surface area contributed by atoms with E-state index in [2.05, 4.69) is 5.32 Å². The fraction of sp³-hybridized carbons (Fsp3) is 0.333. The molecule has 1 fully saturated rings. The molecular weight excluding hydrogens is 308 g/mol. The van der Waals surface area contributed by atoms with Crippen LogP contribution in [0.3, 0.4) is 0 Å². The Morgan fingerprint density at radius 1 is 1.25 bits per heavy atom. The van der Waals surface area contributed by atoms with Crippen molar-refractivity contribution in [2.75, 3.05) is 26.0 Å². The van der Waals surface area contributed by atoms with Gasteiger partial charge in [-0.15, -0.1) is 0 Å². The summed E-state index contributed by atoms with van der Waals surface area (Å²) >= 11 is 0. The van der Waals surface area contributed by atoms with Crippen LogP contribution >= 0.6 is 0 Å². The Bertz CT molecular complexity index is 707. The number of likely N-dealkylation sites (N-methyl/N-ethyl adjacent to an activating group) is 1. The van der Waals surface area contributed by atoms with E-state index in [1.54, 1.807) is 44.6 Å². The zero-order valence-electron chi connectivity index (χ0n) is 13.7. The molecule has 2 atom stereocenters. The van der Waals surface area contributed by atoms with Crippen molar-refractivity contribution in [3.63, 3.8) is 0 Å². The summed E-state index contributed by atoms with van der Waals surface area (Å²) in [6, 6.07) is 10.7. The molecule has 2 aromatic rings. The molecule has 1 heterocycles. The Labute approximate surface area is 140 Å². The number of rotatable bonds is 6. The molecule has 3 rings (SSSR count). The van der Waals surface area contributed by atoms with Gasteiger partial charge in [-0.25, -0.2) is 0 Å². The van der Waals surface area contributed by atoms with E-state index >= 15 is 0 Å². The predicted molar refractivity (Wildman–Crippen MR) is 88.8 cm³/mol. The number of carbonyl (C=O) groups is 2. The Balaban J connectivity index is 1.49. The number of hydrogen-bond acceptors (Lipinski definition) is 4. The molecule has 126 valence electrons. The molecule has 1 aromatic heterocycles. The number of furan rings is 1. The van der Waals surface area contributed by atoms with Crippen LogP contribution in [0.1, 0.15) is 18.1 Å². The van der Waals surface area contributed by atoms with E-state index in [9.17, 15) is 9.59 Å². The predicted octanol–water partition coefficient (Wildman–Crippen LogP) is 2.49. The van der Waals surface area contributed by atoms with E-state index in [-0.39, 0.29) is 30.3 Å². The summed E-state index contributed by atoms with van der Waals surface area (Å²) in [5.41, 5.74) is 0.705. The molecule has 6 nitrogen and oxygen atoms in total. The van der Waals surface area contributed by atoms with Crippen LogP contribution in [-0.4, -0.2) is 37.4 Å². The van der Waals surface area contributed by atoms with Gasteiger partial charge in [-0.2, -0.15) is 0 Å². The minimum absolute atomic E-state index is 0.00662. The van der Waals surface area contributed by atoms with Crippen LogP contribution in [0.4, 0.5) is 5.69 Å². The molecule has 2 amide bonds. The highest BCUT2D eigenvalue weighted by atomic mass is 16.5. The fourth-order valence-corrected chi connectivity index (χ4v) is 2.45. The highest BCUT2D eigenvalue weighted by Gasteiger charge is 2.45. The van der Waals surface area contributed by atoms with Crippen LogP contribution in [-0.2, 0) is 9.59 Å². The van der Waals surface area contributed by atoms with Gasteiger partial charge >= 0.3 is 0 Å². The van der Waals surface area contributed by atoms with Gasteiger partial charge in [-0.1, -0.05) is 0 Å². The summed E-state index contributed by atoms with van der Waals surface area (Å²) in [5.74, 6) is 1.48. The first-order valence-electron chi connectivity index (χ1n) is 7.82. The second-order valence-corrected chi connectivity index (χ2v) is 6.05. The molecule has 0 aliphatic heterocycles. The SMILES string of the molecule is CN(C)C(=O)COc1ccc(NC(=O)C2CC2c2ccco2)cc1. The molecule has 1 aliphatic carbocycles. The topological polar surface area (TPSA) is 71.8 Å². The number of ether oxygens (including phenoxy) is 1. The zero-order chi connectivity index (χ0) is 17.1. The van der Waals surface area contributed by atoms with Crippen LogP contribution in [0.25, 0.3) is 0 Å². The van der Waals surface area contributed by atoms with Crippen molar-refractivity contribution in [1.82, 2.24) is 4.90 Å². The van der Waals surface area contributed by atoms with Gasteiger partial charge in [0.15, 0.2) is 6.61 Å². The van der Waals surface area contributed by atoms with Gasteiger partial charge in [0, 0.05) is 31.6 Å². The number of benzene rings is 1. The third kappa shape index (κ3) is 3.76.